The smallest absolute Gasteiger partial charge is 0.307 e. The highest BCUT2D eigenvalue weighted by Gasteiger charge is 2.16. The summed E-state index contributed by atoms with van der Waals surface area (Å²) in [6.07, 6.45) is 5.40. The molecule has 3 aromatic rings. The first-order valence-electron chi connectivity index (χ1n) is 8.62. The second-order valence-electron chi connectivity index (χ2n) is 6.26. The molecule has 2 N–H and O–H groups in total. The van der Waals surface area contributed by atoms with Crippen LogP contribution in [0.5, 0.6) is 0 Å². The van der Waals surface area contributed by atoms with Gasteiger partial charge in [-0.2, -0.15) is 0 Å². The van der Waals surface area contributed by atoms with E-state index >= 15 is 0 Å². The van der Waals surface area contributed by atoms with E-state index in [9.17, 15) is 9.90 Å². The van der Waals surface area contributed by atoms with Crippen LogP contribution in [0.4, 0.5) is 0 Å². The van der Waals surface area contributed by atoms with Crippen molar-refractivity contribution in [2.45, 2.75) is 37.5 Å². The van der Waals surface area contributed by atoms with E-state index in [-0.39, 0.29) is 6.42 Å². The Morgan fingerprint density at radius 2 is 1.92 bits per heavy atom. The van der Waals surface area contributed by atoms with Gasteiger partial charge in [0, 0.05) is 15.8 Å². The fraction of sp³-hybridized carbons (Fsp3) is 0.286. The Bertz CT molecular complexity index is 881. The number of carboxylic acids is 1. The molecule has 25 heavy (non-hydrogen) atoms. The van der Waals surface area contributed by atoms with Crippen LogP contribution in [0.25, 0.3) is 22.2 Å². The number of hydrogen-bond donors (Lipinski definition) is 2. The van der Waals surface area contributed by atoms with Crippen molar-refractivity contribution in [1.82, 2.24) is 4.98 Å². The molecule has 1 heterocycles. The van der Waals surface area contributed by atoms with Gasteiger partial charge in [0.2, 0.25) is 0 Å². The summed E-state index contributed by atoms with van der Waals surface area (Å²) >= 11 is 1.70. The summed E-state index contributed by atoms with van der Waals surface area (Å²) in [6.45, 7) is 2.18. The van der Waals surface area contributed by atoms with Crippen LogP contribution < -0.4 is 0 Å². The molecular formula is C21H23NO2S. The first-order valence-corrected chi connectivity index (χ1v) is 9.84. The third-order valence-electron chi connectivity index (χ3n) is 4.50. The quantitative estimate of drug-likeness (QED) is 0.549. The lowest BCUT2D eigenvalue weighted by Gasteiger charge is -2.05. The molecule has 130 valence electrons. The van der Waals surface area contributed by atoms with Gasteiger partial charge in [0.05, 0.1) is 12.1 Å². The number of hydrogen-bond acceptors (Lipinski definition) is 2. The number of carboxylic acid groups (broad SMARTS) is 1. The minimum atomic E-state index is -0.804. The van der Waals surface area contributed by atoms with E-state index in [2.05, 4.69) is 54.4 Å². The number of thioether (sulfide) groups is 1. The monoisotopic (exact) mass is 353 g/mol. The summed E-state index contributed by atoms with van der Waals surface area (Å²) in [7, 11) is 0. The van der Waals surface area contributed by atoms with Gasteiger partial charge in [0.1, 0.15) is 0 Å². The van der Waals surface area contributed by atoms with Crippen LogP contribution in [0.2, 0.25) is 0 Å². The average molecular weight is 353 g/mol. The number of aromatic nitrogens is 1. The van der Waals surface area contributed by atoms with Crippen molar-refractivity contribution in [1.29, 1.82) is 0 Å². The number of aromatic amines is 1. The summed E-state index contributed by atoms with van der Waals surface area (Å²) in [6, 6.07) is 14.6. The molecular weight excluding hydrogens is 330 g/mol. The number of aryl methyl sites for hydroxylation is 1. The molecule has 3 rings (SSSR count). The Balaban J connectivity index is 2.10. The maximum Gasteiger partial charge on any atom is 0.307 e. The number of unbranched alkanes of at least 4 members (excludes halogenated alkanes) is 1. The van der Waals surface area contributed by atoms with E-state index in [0.717, 1.165) is 47.0 Å². The molecule has 2 aromatic carbocycles. The van der Waals surface area contributed by atoms with E-state index < -0.39 is 5.97 Å². The zero-order valence-electron chi connectivity index (χ0n) is 14.6. The van der Waals surface area contributed by atoms with Crippen molar-refractivity contribution < 1.29 is 9.90 Å². The molecule has 0 aliphatic heterocycles. The van der Waals surface area contributed by atoms with E-state index in [0.29, 0.717) is 0 Å². The Morgan fingerprint density at radius 1 is 1.16 bits per heavy atom. The maximum atomic E-state index is 11.4. The van der Waals surface area contributed by atoms with Gasteiger partial charge in [-0.3, -0.25) is 4.79 Å². The molecule has 0 fully saturated rings. The van der Waals surface area contributed by atoms with Crippen molar-refractivity contribution in [3.8, 4) is 11.3 Å². The second kappa shape index (κ2) is 7.79. The molecule has 0 radical (unpaired) electrons. The molecule has 0 bridgehead atoms. The van der Waals surface area contributed by atoms with Gasteiger partial charge in [-0.1, -0.05) is 31.5 Å². The molecule has 0 saturated heterocycles. The highest BCUT2D eigenvalue weighted by molar-refractivity contribution is 7.98. The van der Waals surface area contributed by atoms with E-state index in [1.165, 1.54) is 10.5 Å². The van der Waals surface area contributed by atoms with Crippen molar-refractivity contribution >= 4 is 28.6 Å². The number of H-pyrrole nitrogens is 1. The van der Waals surface area contributed by atoms with Crippen LogP contribution in [-0.2, 0) is 17.6 Å². The number of nitrogens with one attached hydrogen (secondary N) is 1. The largest absolute Gasteiger partial charge is 0.481 e. The summed E-state index contributed by atoms with van der Waals surface area (Å²) in [5.41, 5.74) is 5.08. The van der Waals surface area contributed by atoms with E-state index in [1.54, 1.807) is 11.8 Å². The van der Waals surface area contributed by atoms with E-state index in [1.807, 2.05) is 6.26 Å². The van der Waals surface area contributed by atoms with Gasteiger partial charge < -0.3 is 10.1 Å². The van der Waals surface area contributed by atoms with Crippen molar-refractivity contribution in [2.24, 2.45) is 0 Å². The number of fused-ring (bicyclic) bond motifs is 1. The third kappa shape index (κ3) is 3.90. The Morgan fingerprint density at radius 3 is 2.56 bits per heavy atom. The second-order valence-corrected chi connectivity index (χ2v) is 7.14. The van der Waals surface area contributed by atoms with Crippen LogP contribution in [0, 0.1) is 0 Å². The molecule has 0 unspecified atom stereocenters. The summed E-state index contributed by atoms with van der Waals surface area (Å²) in [5, 5.41) is 10.4. The lowest BCUT2D eigenvalue weighted by Crippen LogP contribution is -2.01. The first kappa shape index (κ1) is 17.6. The number of benzene rings is 2. The molecule has 0 spiro atoms. The van der Waals surface area contributed by atoms with Gasteiger partial charge in [0.25, 0.3) is 0 Å². The van der Waals surface area contributed by atoms with Gasteiger partial charge in [-0.25, -0.2) is 0 Å². The Labute approximate surface area is 152 Å². The predicted octanol–water partition coefficient (Wildman–Crippen LogP) is 5.53. The number of rotatable bonds is 7. The van der Waals surface area contributed by atoms with Crippen LogP contribution >= 0.6 is 11.8 Å². The van der Waals surface area contributed by atoms with Crippen LogP contribution in [0.15, 0.2) is 47.4 Å². The minimum absolute atomic E-state index is 0.0246. The number of aliphatic carboxylic acids is 1. The van der Waals surface area contributed by atoms with Crippen molar-refractivity contribution in [3.63, 3.8) is 0 Å². The SMILES string of the molecule is CCCCc1ccc2[nH]c(-c3ccc(SC)cc3)c(CC(=O)O)c2c1. The maximum absolute atomic E-state index is 11.4. The van der Waals surface area contributed by atoms with Gasteiger partial charge >= 0.3 is 5.97 Å². The van der Waals surface area contributed by atoms with Crippen LogP contribution in [0.1, 0.15) is 30.9 Å². The summed E-state index contributed by atoms with van der Waals surface area (Å²) < 4.78 is 0. The first-order chi connectivity index (χ1) is 12.1. The zero-order chi connectivity index (χ0) is 17.8. The van der Waals surface area contributed by atoms with Gasteiger partial charge in [-0.05, 0) is 60.1 Å². The molecule has 0 atom stereocenters. The van der Waals surface area contributed by atoms with Gasteiger partial charge in [0.15, 0.2) is 0 Å². The fourth-order valence-corrected chi connectivity index (χ4v) is 3.58. The summed E-state index contributed by atoms with van der Waals surface area (Å²) in [5.74, 6) is -0.804. The predicted molar refractivity (Wildman–Crippen MR) is 105 cm³/mol. The highest BCUT2D eigenvalue weighted by Crippen LogP contribution is 2.32. The molecule has 0 amide bonds. The standard InChI is InChI=1S/C21H23NO2S/c1-3-4-5-14-6-11-19-17(12-14)18(13-20(23)24)21(22-19)15-7-9-16(25-2)10-8-15/h6-12,22H,3-5,13H2,1-2H3,(H,23,24). The zero-order valence-corrected chi connectivity index (χ0v) is 15.5. The fourth-order valence-electron chi connectivity index (χ4n) is 3.17. The molecule has 0 aliphatic carbocycles. The lowest BCUT2D eigenvalue weighted by molar-refractivity contribution is -0.136. The van der Waals surface area contributed by atoms with Crippen molar-refractivity contribution in [2.75, 3.05) is 6.26 Å². The number of carbonyl (C=O) groups is 1. The Kier molecular flexibility index (Phi) is 5.49. The topological polar surface area (TPSA) is 53.1 Å². The molecule has 0 saturated carbocycles. The molecule has 4 heteroatoms. The van der Waals surface area contributed by atoms with Crippen LogP contribution in [0.3, 0.4) is 0 Å². The molecule has 1 aromatic heterocycles. The molecule has 0 aliphatic rings. The minimum Gasteiger partial charge on any atom is -0.481 e. The third-order valence-corrected chi connectivity index (χ3v) is 5.24. The Hall–Kier alpha value is -2.20. The lowest BCUT2D eigenvalue weighted by atomic mass is 10.00. The molecule has 3 nitrogen and oxygen atoms in total. The van der Waals surface area contributed by atoms with Crippen LogP contribution in [-0.4, -0.2) is 22.3 Å². The normalized spacial score (nSPS) is 11.1. The average Bonchev–Trinajstić information content (AvgIpc) is 2.97. The highest BCUT2D eigenvalue weighted by atomic mass is 32.2. The summed E-state index contributed by atoms with van der Waals surface area (Å²) in [4.78, 5) is 16.1. The van der Waals surface area contributed by atoms with Crippen molar-refractivity contribution in [3.05, 3.63) is 53.6 Å². The van der Waals surface area contributed by atoms with E-state index in [4.69, 9.17) is 0 Å². The van der Waals surface area contributed by atoms with Gasteiger partial charge in [-0.15, -0.1) is 11.8 Å².